The number of ether oxygens (including phenoxy) is 2. The number of benzene rings is 2. The number of hydrogen-bond donors (Lipinski definition) is 2. The minimum absolute atomic E-state index is 0.213. The summed E-state index contributed by atoms with van der Waals surface area (Å²) in [5, 5.41) is 2.79. The Hall–Kier alpha value is -1.96. The van der Waals surface area contributed by atoms with E-state index < -0.39 is 0 Å². The molecule has 2 aromatic carbocycles. The molecule has 0 bridgehead atoms. The molecule has 3 N–H and O–H groups in total. The zero-order valence-electron chi connectivity index (χ0n) is 11.1. The second-order valence-electron chi connectivity index (χ2n) is 4.54. The fourth-order valence-corrected chi connectivity index (χ4v) is 2.37. The highest BCUT2D eigenvalue weighted by Crippen LogP contribution is 2.37. The van der Waals surface area contributed by atoms with Crippen molar-refractivity contribution in [3.63, 3.8) is 0 Å². The van der Waals surface area contributed by atoms with E-state index in [9.17, 15) is 4.79 Å². The summed E-state index contributed by atoms with van der Waals surface area (Å²) in [6, 6.07) is 10.6. The molecule has 0 aromatic heterocycles. The van der Waals surface area contributed by atoms with E-state index in [1.165, 1.54) is 0 Å². The summed E-state index contributed by atoms with van der Waals surface area (Å²) >= 11 is 2.19. The van der Waals surface area contributed by atoms with Crippen LogP contribution in [0.5, 0.6) is 11.5 Å². The lowest BCUT2D eigenvalue weighted by molar-refractivity contribution is 0.102. The number of fused-ring (bicyclic) bond motifs is 1. The third-order valence-corrected chi connectivity index (χ3v) is 3.79. The monoisotopic (exact) mass is 396 g/mol. The number of rotatable bonds is 2. The Balaban J connectivity index is 1.84. The smallest absolute Gasteiger partial charge is 0.255 e. The lowest BCUT2D eigenvalue weighted by Crippen LogP contribution is -2.17. The van der Waals surface area contributed by atoms with E-state index in [1.807, 2.05) is 12.1 Å². The van der Waals surface area contributed by atoms with E-state index in [0.29, 0.717) is 41.7 Å². The van der Waals surface area contributed by atoms with Crippen LogP contribution in [0.3, 0.4) is 0 Å². The normalized spacial score (nSPS) is 12.8. The molecule has 2 aromatic rings. The third-order valence-electron chi connectivity index (χ3n) is 3.07. The van der Waals surface area contributed by atoms with Gasteiger partial charge in [-0.2, -0.15) is 0 Å². The molecule has 0 aliphatic carbocycles. The van der Waals surface area contributed by atoms with Crippen LogP contribution in [0.2, 0.25) is 0 Å². The molecule has 0 saturated heterocycles. The van der Waals surface area contributed by atoms with Crippen LogP contribution in [0.4, 0.5) is 11.4 Å². The number of anilines is 2. The summed E-state index contributed by atoms with van der Waals surface area (Å²) in [6.07, 6.45) is 0. The van der Waals surface area contributed by atoms with E-state index in [2.05, 4.69) is 27.9 Å². The first-order chi connectivity index (χ1) is 10.1. The van der Waals surface area contributed by atoms with Crippen molar-refractivity contribution in [2.45, 2.75) is 0 Å². The molecule has 1 heterocycles. The third kappa shape index (κ3) is 3.05. The van der Waals surface area contributed by atoms with Gasteiger partial charge in [0.25, 0.3) is 5.91 Å². The van der Waals surface area contributed by atoms with E-state index in [0.717, 1.165) is 3.57 Å². The van der Waals surface area contributed by atoms with Gasteiger partial charge in [0, 0.05) is 21.3 Å². The second-order valence-corrected chi connectivity index (χ2v) is 5.79. The maximum atomic E-state index is 12.2. The molecule has 1 aliphatic rings. The fourth-order valence-electron chi connectivity index (χ4n) is 2.01. The van der Waals surface area contributed by atoms with Crippen molar-refractivity contribution < 1.29 is 14.3 Å². The van der Waals surface area contributed by atoms with E-state index in [1.54, 1.807) is 24.3 Å². The molecule has 3 rings (SSSR count). The van der Waals surface area contributed by atoms with Crippen molar-refractivity contribution in [1.82, 2.24) is 0 Å². The van der Waals surface area contributed by atoms with Crippen molar-refractivity contribution >= 4 is 39.9 Å². The Morgan fingerprint density at radius 2 is 1.71 bits per heavy atom. The van der Waals surface area contributed by atoms with Crippen LogP contribution in [0, 0.1) is 3.57 Å². The summed E-state index contributed by atoms with van der Waals surface area (Å²) in [5.74, 6) is 0.981. The Bertz CT molecular complexity index is 686. The number of nitrogen functional groups attached to an aromatic ring is 1. The lowest BCUT2D eigenvalue weighted by Gasteiger charge is -2.20. The summed E-state index contributed by atoms with van der Waals surface area (Å²) in [6.45, 7) is 0.988. The molecule has 0 unspecified atom stereocenters. The Morgan fingerprint density at radius 1 is 1.10 bits per heavy atom. The molecule has 0 spiro atoms. The Kier molecular flexibility index (Phi) is 3.87. The number of hydrogen-bond acceptors (Lipinski definition) is 4. The highest BCUT2D eigenvalue weighted by atomic mass is 127. The Labute approximate surface area is 135 Å². The van der Waals surface area contributed by atoms with Gasteiger partial charge in [-0.3, -0.25) is 4.79 Å². The average molecular weight is 396 g/mol. The van der Waals surface area contributed by atoms with Gasteiger partial charge in [-0.05, 0) is 46.9 Å². The number of carbonyl (C=O) groups is 1. The molecule has 21 heavy (non-hydrogen) atoms. The lowest BCUT2D eigenvalue weighted by atomic mass is 10.2. The molecule has 0 atom stereocenters. The molecule has 1 amide bonds. The van der Waals surface area contributed by atoms with E-state index in [4.69, 9.17) is 15.2 Å². The van der Waals surface area contributed by atoms with Gasteiger partial charge in [0.1, 0.15) is 13.2 Å². The number of nitrogens with two attached hydrogens (primary N) is 1. The number of halogens is 1. The standard InChI is InChI=1S/C15H13IN2O3/c16-10-3-1-9(2-4-10)15(19)18-12-8-14-13(7-11(12)17)20-5-6-21-14/h1-4,7-8H,5-6,17H2,(H,18,19). The van der Waals surface area contributed by atoms with Gasteiger partial charge in [0.15, 0.2) is 11.5 Å². The van der Waals surface area contributed by atoms with Crippen LogP contribution in [0.1, 0.15) is 10.4 Å². The number of carbonyl (C=O) groups excluding carboxylic acids is 1. The minimum atomic E-state index is -0.213. The molecular formula is C15H13IN2O3. The van der Waals surface area contributed by atoms with Crippen LogP contribution in [-0.2, 0) is 0 Å². The van der Waals surface area contributed by atoms with E-state index in [-0.39, 0.29) is 5.91 Å². The quantitative estimate of drug-likeness (QED) is 0.605. The average Bonchev–Trinajstić information content (AvgIpc) is 2.48. The predicted molar refractivity (Wildman–Crippen MR) is 89.0 cm³/mol. The van der Waals surface area contributed by atoms with Crippen LogP contribution in [0.15, 0.2) is 36.4 Å². The van der Waals surface area contributed by atoms with Gasteiger partial charge >= 0.3 is 0 Å². The number of amides is 1. The SMILES string of the molecule is Nc1cc2c(cc1NC(=O)c1ccc(I)cc1)OCCO2. The van der Waals surface area contributed by atoms with Crippen molar-refractivity contribution in [2.75, 3.05) is 24.3 Å². The zero-order valence-corrected chi connectivity index (χ0v) is 13.2. The highest BCUT2D eigenvalue weighted by Gasteiger charge is 2.16. The summed E-state index contributed by atoms with van der Waals surface area (Å²) < 4.78 is 12.0. The predicted octanol–water partition coefficient (Wildman–Crippen LogP) is 2.90. The summed E-state index contributed by atoms with van der Waals surface area (Å²) in [4.78, 5) is 12.2. The first-order valence-corrected chi connectivity index (χ1v) is 7.47. The fraction of sp³-hybridized carbons (Fsp3) is 0.133. The molecule has 5 nitrogen and oxygen atoms in total. The van der Waals surface area contributed by atoms with Gasteiger partial charge < -0.3 is 20.5 Å². The van der Waals surface area contributed by atoms with Gasteiger partial charge in [-0.1, -0.05) is 0 Å². The summed E-state index contributed by atoms with van der Waals surface area (Å²) in [5.41, 5.74) is 7.48. The molecule has 0 fully saturated rings. The van der Waals surface area contributed by atoms with Crippen molar-refractivity contribution in [3.8, 4) is 11.5 Å². The summed E-state index contributed by atoms with van der Waals surface area (Å²) in [7, 11) is 0. The first kappa shape index (κ1) is 14.0. The van der Waals surface area contributed by atoms with Crippen molar-refractivity contribution in [3.05, 3.63) is 45.5 Å². The van der Waals surface area contributed by atoms with Gasteiger partial charge in [0.2, 0.25) is 0 Å². The van der Waals surface area contributed by atoms with Crippen LogP contribution in [-0.4, -0.2) is 19.1 Å². The minimum Gasteiger partial charge on any atom is -0.486 e. The largest absolute Gasteiger partial charge is 0.486 e. The molecule has 0 radical (unpaired) electrons. The second kappa shape index (κ2) is 5.80. The highest BCUT2D eigenvalue weighted by molar-refractivity contribution is 14.1. The maximum absolute atomic E-state index is 12.2. The van der Waals surface area contributed by atoms with Gasteiger partial charge in [-0.25, -0.2) is 0 Å². The topological polar surface area (TPSA) is 73.6 Å². The van der Waals surface area contributed by atoms with Crippen molar-refractivity contribution in [1.29, 1.82) is 0 Å². The molecular weight excluding hydrogens is 383 g/mol. The molecule has 108 valence electrons. The molecule has 1 aliphatic heterocycles. The van der Waals surface area contributed by atoms with E-state index >= 15 is 0 Å². The van der Waals surface area contributed by atoms with Crippen LogP contribution in [0.25, 0.3) is 0 Å². The van der Waals surface area contributed by atoms with Crippen molar-refractivity contribution in [2.24, 2.45) is 0 Å². The maximum Gasteiger partial charge on any atom is 0.255 e. The molecule has 0 saturated carbocycles. The van der Waals surface area contributed by atoms with Crippen LogP contribution >= 0.6 is 22.6 Å². The molecule has 6 heteroatoms. The number of nitrogens with one attached hydrogen (secondary N) is 1. The van der Waals surface area contributed by atoms with Gasteiger partial charge in [0.05, 0.1) is 11.4 Å². The zero-order chi connectivity index (χ0) is 14.8. The Morgan fingerprint density at radius 3 is 2.38 bits per heavy atom. The van der Waals surface area contributed by atoms with Gasteiger partial charge in [-0.15, -0.1) is 0 Å². The van der Waals surface area contributed by atoms with Crippen LogP contribution < -0.4 is 20.5 Å². The first-order valence-electron chi connectivity index (χ1n) is 6.39.